The molecular weight excluding hydrogens is 355 g/mol. The quantitative estimate of drug-likeness (QED) is 0.594. The highest BCUT2D eigenvalue weighted by molar-refractivity contribution is 9.09. The van der Waals surface area contributed by atoms with E-state index in [1.165, 1.54) is 6.07 Å². The Bertz CT molecular complexity index is 643. The van der Waals surface area contributed by atoms with Crippen LogP contribution >= 0.6 is 27.5 Å². The van der Waals surface area contributed by atoms with Crippen LogP contribution in [-0.2, 0) is 0 Å². The molecule has 1 unspecified atom stereocenters. The van der Waals surface area contributed by atoms with Crippen LogP contribution in [0.2, 0.25) is 5.02 Å². The summed E-state index contributed by atoms with van der Waals surface area (Å²) in [5.74, 6) is 0.516. The van der Waals surface area contributed by atoms with Crippen molar-refractivity contribution < 1.29 is 9.13 Å². The molecule has 0 aliphatic carbocycles. The van der Waals surface area contributed by atoms with Gasteiger partial charge in [0.25, 0.3) is 0 Å². The summed E-state index contributed by atoms with van der Waals surface area (Å²) in [5, 5.41) is 0.412. The molecule has 2 rings (SSSR count). The lowest BCUT2D eigenvalue weighted by Crippen LogP contribution is -2.06. The van der Waals surface area contributed by atoms with Crippen LogP contribution in [0.1, 0.15) is 35.4 Å². The topological polar surface area (TPSA) is 9.23 Å². The third-order valence-corrected chi connectivity index (χ3v) is 4.42. The van der Waals surface area contributed by atoms with Crippen LogP contribution in [0.4, 0.5) is 4.39 Å². The highest BCUT2D eigenvalue weighted by Gasteiger charge is 2.16. The molecule has 0 spiro atoms. The number of halogens is 3. The van der Waals surface area contributed by atoms with Gasteiger partial charge in [0.2, 0.25) is 0 Å². The maximum absolute atomic E-state index is 13.5. The van der Waals surface area contributed by atoms with E-state index >= 15 is 0 Å². The van der Waals surface area contributed by atoms with Crippen molar-refractivity contribution in [1.29, 1.82) is 0 Å². The standard InChI is InChI=1S/C17H17BrClFO/c1-10(2)21-13-6-4-5-12(8-13)17(18)14-7-11(3)16(20)9-15(14)19/h4-10,17H,1-3H3. The first-order valence-electron chi connectivity index (χ1n) is 6.74. The Balaban J connectivity index is 2.36. The van der Waals surface area contributed by atoms with E-state index in [1.807, 2.05) is 38.1 Å². The van der Waals surface area contributed by atoms with Gasteiger partial charge in [-0.2, -0.15) is 0 Å². The second kappa shape index (κ2) is 6.80. The van der Waals surface area contributed by atoms with Crippen molar-refractivity contribution in [1.82, 2.24) is 0 Å². The molecule has 0 amide bonds. The lowest BCUT2D eigenvalue weighted by atomic mass is 10.0. The van der Waals surface area contributed by atoms with Gasteiger partial charge in [0, 0.05) is 5.02 Å². The Morgan fingerprint density at radius 1 is 1.19 bits per heavy atom. The molecule has 0 aliphatic heterocycles. The van der Waals surface area contributed by atoms with Crippen molar-refractivity contribution in [2.45, 2.75) is 31.7 Å². The van der Waals surface area contributed by atoms with E-state index in [0.29, 0.717) is 10.6 Å². The van der Waals surface area contributed by atoms with Gasteiger partial charge in [-0.3, -0.25) is 0 Å². The fourth-order valence-electron chi connectivity index (χ4n) is 2.07. The summed E-state index contributed by atoms with van der Waals surface area (Å²) < 4.78 is 19.2. The summed E-state index contributed by atoms with van der Waals surface area (Å²) in [7, 11) is 0. The third-order valence-electron chi connectivity index (χ3n) is 3.07. The fourth-order valence-corrected chi connectivity index (χ4v) is 3.13. The molecule has 1 atom stereocenters. The van der Waals surface area contributed by atoms with E-state index in [2.05, 4.69) is 15.9 Å². The Kier molecular flexibility index (Phi) is 5.28. The molecule has 0 heterocycles. The molecule has 0 saturated heterocycles. The molecule has 4 heteroatoms. The maximum atomic E-state index is 13.5. The number of hydrogen-bond donors (Lipinski definition) is 0. The Labute approximate surface area is 138 Å². The van der Waals surface area contributed by atoms with Crippen molar-refractivity contribution in [2.75, 3.05) is 0 Å². The summed E-state index contributed by atoms with van der Waals surface area (Å²) in [6.45, 7) is 5.70. The van der Waals surface area contributed by atoms with Gasteiger partial charge >= 0.3 is 0 Å². The van der Waals surface area contributed by atoms with Gasteiger partial charge in [-0.15, -0.1) is 0 Å². The highest BCUT2D eigenvalue weighted by atomic mass is 79.9. The molecule has 0 radical (unpaired) electrons. The second-order valence-corrected chi connectivity index (χ2v) is 6.55. The fraction of sp³-hybridized carbons (Fsp3) is 0.294. The number of benzene rings is 2. The van der Waals surface area contributed by atoms with Crippen LogP contribution in [0, 0.1) is 12.7 Å². The number of hydrogen-bond acceptors (Lipinski definition) is 1. The third kappa shape index (κ3) is 3.98. The first-order valence-corrected chi connectivity index (χ1v) is 8.04. The Morgan fingerprint density at radius 3 is 2.57 bits per heavy atom. The predicted octanol–water partition coefficient (Wildman–Crippen LogP) is 6.06. The number of ether oxygens (including phenoxy) is 1. The summed E-state index contributed by atoms with van der Waals surface area (Å²) in [5.41, 5.74) is 2.44. The molecule has 0 N–H and O–H groups in total. The highest BCUT2D eigenvalue weighted by Crippen LogP contribution is 2.37. The summed E-state index contributed by atoms with van der Waals surface area (Å²) in [6.07, 6.45) is 0.116. The minimum absolute atomic E-state index is 0.111. The summed E-state index contributed by atoms with van der Waals surface area (Å²) in [4.78, 5) is -0.111. The largest absolute Gasteiger partial charge is 0.491 e. The first kappa shape index (κ1) is 16.3. The number of aryl methyl sites for hydroxylation is 1. The van der Waals surface area contributed by atoms with Crippen LogP contribution < -0.4 is 4.74 Å². The predicted molar refractivity (Wildman–Crippen MR) is 89.1 cm³/mol. The van der Waals surface area contributed by atoms with Crippen molar-refractivity contribution in [3.63, 3.8) is 0 Å². The molecule has 2 aromatic carbocycles. The lowest BCUT2D eigenvalue weighted by molar-refractivity contribution is 0.242. The van der Waals surface area contributed by atoms with Gasteiger partial charge in [-0.1, -0.05) is 45.7 Å². The van der Waals surface area contributed by atoms with Crippen molar-refractivity contribution in [2.24, 2.45) is 0 Å². The molecule has 0 bridgehead atoms. The van der Waals surface area contributed by atoms with E-state index in [1.54, 1.807) is 13.0 Å². The van der Waals surface area contributed by atoms with Crippen LogP contribution in [0.15, 0.2) is 36.4 Å². The van der Waals surface area contributed by atoms with Gasteiger partial charge in [0.15, 0.2) is 0 Å². The van der Waals surface area contributed by atoms with E-state index in [4.69, 9.17) is 16.3 Å². The van der Waals surface area contributed by atoms with Gasteiger partial charge < -0.3 is 4.74 Å². The zero-order valence-electron chi connectivity index (χ0n) is 12.2. The number of alkyl halides is 1. The Hall–Kier alpha value is -1.06. The average molecular weight is 372 g/mol. The van der Waals surface area contributed by atoms with Crippen LogP contribution in [0.5, 0.6) is 5.75 Å². The minimum Gasteiger partial charge on any atom is -0.491 e. The zero-order chi connectivity index (χ0) is 15.6. The smallest absolute Gasteiger partial charge is 0.127 e. The molecule has 2 aromatic rings. The first-order chi connectivity index (χ1) is 9.88. The van der Waals surface area contributed by atoms with Crippen molar-refractivity contribution in [3.05, 3.63) is 63.9 Å². The molecule has 1 nitrogen and oxygen atoms in total. The molecule has 21 heavy (non-hydrogen) atoms. The molecule has 0 saturated carbocycles. The molecule has 112 valence electrons. The molecular formula is C17H17BrClFO. The Morgan fingerprint density at radius 2 is 1.90 bits per heavy atom. The van der Waals surface area contributed by atoms with Crippen molar-refractivity contribution in [3.8, 4) is 5.75 Å². The molecule has 0 aliphatic rings. The SMILES string of the molecule is Cc1cc(C(Br)c2cccc(OC(C)C)c2)c(Cl)cc1F. The van der Waals surface area contributed by atoms with E-state index in [9.17, 15) is 4.39 Å². The van der Waals surface area contributed by atoms with Gasteiger partial charge in [0.05, 0.1) is 10.9 Å². The van der Waals surface area contributed by atoms with E-state index in [0.717, 1.165) is 16.9 Å². The van der Waals surface area contributed by atoms with Crippen molar-refractivity contribution >= 4 is 27.5 Å². The van der Waals surface area contributed by atoms with Crippen LogP contribution in [0.3, 0.4) is 0 Å². The summed E-state index contributed by atoms with van der Waals surface area (Å²) >= 11 is 9.81. The normalized spacial score (nSPS) is 12.5. The van der Waals surface area contributed by atoms with Crippen LogP contribution in [0.25, 0.3) is 0 Å². The van der Waals surface area contributed by atoms with Gasteiger partial charge in [-0.25, -0.2) is 4.39 Å². The lowest BCUT2D eigenvalue weighted by Gasteiger charge is -2.16. The molecule has 0 aromatic heterocycles. The summed E-state index contributed by atoms with van der Waals surface area (Å²) in [6, 6.07) is 10.9. The second-order valence-electron chi connectivity index (χ2n) is 5.22. The zero-order valence-corrected chi connectivity index (χ0v) is 14.5. The van der Waals surface area contributed by atoms with Gasteiger partial charge in [-0.05, 0) is 55.7 Å². The van der Waals surface area contributed by atoms with Crippen LogP contribution in [-0.4, -0.2) is 6.10 Å². The monoisotopic (exact) mass is 370 g/mol. The molecule has 0 fully saturated rings. The number of rotatable bonds is 4. The van der Waals surface area contributed by atoms with Gasteiger partial charge in [0.1, 0.15) is 11.6 Å². The minimum atomic E-state index is -0.291. The average Bonchev–Trinajstić information content (AvgIpc) is 2.41. The van der Waals surface area contributed by atoms with E-state index < -0.39 is 0 Å². The van der Waals surface area contributed by atoms with E-state index in [-0.39, 0.29) is 16.7 Å². The maximum Gasteiger partial charge on any atom is 0.127 e.